The second kappa shape index (κ2) is 9.19. The molecule has 0 saturated carbocycles. The van der Waals surface area contributed by atoms with Crippen molar-refractivity contribution in [3.05, 3.63) is 72.0 Å². The summed E-state index contributed by atoms with van der Waals surface area (Å²) in [4.78, 5) is 2.06. The van der Waals surface area contributed by atoms with Gasteiger partial charge in [0, 0.05) is 13.6 Å². The van der Waals surface area contributed by atoms with Crippen molar-refractivity contribution in [1.29, 1.82) is 0 Å². The maximum atomic E-state index is 4.01. The zero-order valence-electron chi connectivity index (χ0n) is 13.8. The van der Waals surface area contributed by atoms with Gasteiger partial charge in [-0.15, -0.1) is 0 Å². The first kappa shape index (κ1) is 18.2. The van der Waals surface area contributed by atoms with E-state index in [9.17, 15) is 0 Å². The van der Waals surface area contributed by atoms with E-state index in [1.54, 1.807) is 0 Å². The van der Waals surface area contributed by atoms with Crippen molar-refractivity contribution in [2.45, 2.75) is 34.1 Å². The Hall–Kier alpha value is -1.76. The summed E-state index contributed by atoms with van der Waals surface area (Å²) in [7, 11) is 2.02. The minimum absolute atomic E-state index is 0.862. The number of hydrogen-bond donors (Lipinski definition) is 0. The van der Waals surface area contributed by atoms with Crippen LogP contribution in [0.25, 0.3) is 0 Å². The van der Waals surface area contributed by atoms with E-state index in [4.69, 9.17) is 0 Å². The van der Waals surface area contributed by atoms with E-state index >= 15 is 0 Å². The Morgan fingerprint density at radius 1 is 1.15 bits per heavy atom. The zero-order chi connectivity index (χ0) is 15.7. The van der Waals surface area contributed by atoms with Gasteiger partial charge in [0.2, 0.25) is 0 Å². The fourth-order valence-corrected chi connectivity index (χ4v) is 1.68. The molecule has 0 N–H and O–H groups in total. The van der Waals surface area contributed by atoms with Crippen LogP contribution >= 0.6 is 0 Å². The number of rotatable bonds is 8. The van der Waals surface area contributed by atoms with Crippen LogP contribution in [0.3, 0.4) is 0 Å². The molecule has 0 spiro atoms. The Bertz CT molecular complexity index is 458. The van der Waals surface area contributed by atoms with Gasteiger partial charge in [-0.2, -0.15) is 0 Å². The first-order valence-corrected chi connectivity index (χ1v) is 7.07. The molecule has 0 heterocycles. The van der Waals surface area contributed by atoms with Crippen molar-refractivity contribution in [1.82, 2.24) is 4.90 Å². The zero-order valence-corrected chi connectivity index (χ0v) is 13.8. The summed E-state index contributed by atoms with van der Waals surface area (Å²) in [5.74, 6) is 0. The molecule has 0 aliphatic carbocycles. The summed E-state index contributed by atoms with van der Waals surface area (Å²) in [6.07, 6.45) is 9.21. The van der Waals surface area contributed by atoms with Crippen molar-refractivity contribution in [2.75, 3.05) is 13.6 Å². The molecule has 0 saturated heterocycles. The Balaban J connectivity index is 5.63. The van der Waals surface area contributed by atoms with Gasteiger partial charge in [0.1, 0.15) is 0 Å². The molecule has 0 aliphatic heterocycles. The summed E-state index contributed by atoms with van der Waals surface area (Å²) < 4.78 is 0. The van der Waals surface area contributed by atoms with Gasteiger partial charge in [-0.25, -0.2) is 0 Å². The van der Waals surface area contributed by atoms with E-state index < -0.39 is 0 Å². The molecule has 0 aromatic rings. The van der Waals surface area contributed by atoms with Crippen molar-refractivity contribution in [3.8, 4) is 0 Å². The van der Waals surface area contributed by atoms with Crippen molar-refractivity contribution < 1.29 is 0 Å². The van der Waals surface area contributed by atoms with E-state index in [-0.39, 0.29) is 0 Å². The lowest BCUT2D eigenvalue weighted by Crippen LogP contribution is -2.10. The Morgan fingerprint density at radius 3 is 2.15 bits per heavy atom. The lowest BCUT2D eigenvalue weighted by molar-refractivity contribution is 0.510. The molecule has 0 bridgehead atoms. The molecule has 0 amide bonds. The standard InChI is InChI=1S/C19H29N/c1-9-16(6)19(14-17(7)15(4)5)18(10-2)12-13-20(8)11-3/h9,11-12,14H,1,3-4,10,13H2,2,5-8H3/b17-14+,18-12+,19-16+. The van der Waals surface area contributed by atoms with Crippen LogP contribution in [0.15, 0.2) is 72.0 Å². The molecule has 0 fully saturated rings. The number of nitrogens with zero attached hydrogens (tertiary/aromatic N) is 1. The van der Waals surface area contributed by atoms with Crippen LogP contribution in [0.4, 0.5) is 0 Å². The lowest BCUT2D eigenvalue weighted by Gasteiger charge is -2.15. The second-order valence-electron chi connectivity index (χ2n) is 5.11. The third-order valence-electron chi connectivity index (χ3n) is 3.43. The van der Waals surface area contributed by atoms with Crippen molar-refractivity contribution in [2.24, 2.45) is 0 Å². The summed E-state index contributed by atoms with van der Waals surface area (Å²) in [5.41, 5.74) is 6.08. The van der Waals surface area contributed by atoms with Gasteiger partial charge >= 0.3 is 0 Å². The molecule has 0 atom stereocenters. The molecule has 1 nitrogen and oxygen atoms in total. The van der Waals surface area contributed by atoms with Gasteiger partial charge in [0.25, 0.3) is 0 Å². The van der Waals surface area contributed by atoms with Crippen LogP contribution in [-0.2, 0) is 0 Å². The highest BCUT2D eigenvalue weighted by Gasteiger charge is 2.05. The predicted molar refractivity (Wildman–Crippen MR) is 92.7 cm³/mol. The Kier molecular flexibility index (Phi) is 8.38. The normalized spacial score (nSPS) is 13.7. The van der Waals surface area contributed by atoms with Crippen LogP contribution in [0.5, 0.6) is 0 Å². The average Bonchev–Trinajstić information content (AvgIpc) is 2.44. The van der Waals surface area contributed by atoms with Gasteiger partial charge in [0.15, 0.2) is 0 Å². The molecule has 0 aromatic heterocycles. The van der Waals surface area contributed by atoms with Crippen LogP contribution in [0.2, 0.25) is 0 Å². The third-order valence-corrected chi connectivity index (χ3v) is 3.43. The monoisotopic (exact) mass is 271 g/mol. The minimum Gasteiger partial charge on any atom is -0.377 e. The highest BCUT2D eigenvalue weighted by Crippen LogP contribution is 2.23. The largest absolute Gasteiger partial charge is 0.377 e. The molecule has 0 unspecified atom stereocenters. The van der Waals surface area contributed by atoms with Crippen LogP contribution in [0, 0.1) is 0 Å². The highest BCUT2D eigenvalue weighted by molar-refractivity contribution is 5.49. The van der Waals surface area contributed by atoms with Crippen molar-refractivity contribution >= 4 is 0 Å². The number of hydrogen-bond acceptors (Lipinski definition) is 1. The molecular formula is C19H29N. The van der Waals surface area contributed by atoms with Gasteiger partial charge < -0.3 is 4.90 Å². The van der Waals surface area contributed by atoms with Crippen LogP contribution in [-0.4, -0.2) is 18.5 Å². The second-order valence-corrected chi connectivity index (χ2v) is 5.11. The molecule has 0 aliphatic rings. The van der Waals surface area contributed by atoms with Gasteiger partial charge in [-0.1, -0.05) is 50.5 Å². The molecule has 110 valence electrons. The minimum atomic E-state index is 0.862. The molecule has 0 radical (unpaired) electrons. The van der Waals surface area contributed by atoms with Gasteiger partial charge in [0.05, 0.1) is 0 Å². The fourth-order valence-electron chi connectivity index (χ4n) is 1.68. The maximum Gasteiger partial charge on any atom is 0.0356 e. The first-order chi connectivity index (χ1) is 9.37. The summed E-state index contributed by atoms with van der Waals surface area (Å²) >= 11 is 0. The highest BCUT2D eigenvalue weighted by atomic mass is 15.1. The topological polar surface area (TPSA) is 3.24 Å². The molecule has 1 heteroatoms. The van der Waals surface area contributed by atoms with E-state index in [1.807, 2.05) is 26.2 Å². The molecular weight excluding hydrogens is 242 g/mol. The summed E-state index contributed by atoms with van der Waals surface area (Å²) in [6, 6.07) is 0. The number of likely N-dealkylation sites (N-methyl/N-ethyl adjacent to an activating group) is 1. The van der Waals surface area contributed by atoms with Crippen LogP contribution in [0.1, 0.15) is 34.1 Å². The van der Waals surface area contributed by atoms with E-state index in [0.29, 0.717) is 0 Å². The van der Waals surface area contributed by atoms with E-state index in [0.717, 1.165) is 18.5 Å². The van der Waals surface area contributed by atoms with E-state index in [1.165, 1.54) is 22.3 Å². The maximum absolute atomic E-state index is 4.01. The average molecular weight is 271 g/mol. The SMILES string of the molecule is C=C/C(C)=C(\C=C(/C)C(=C)C)C(=C/CN(C)C=C)/CC. The van der Waals surface area contributed by atoms with Gasteiger partial charge in [-0.3, -0.25) is 0 Å². The Morgan fingerprint density at radius 2 is 1.75 bits per heavy atom. The van der Waals surface area contributed by atoms with Crippen LogP contribution < -0.4 is 0 Å². The van der Waals surface area contributed by atoms with E-state index in [2.05, 4.69) is 57.6 Å². The molecule has 0 aromatic carbocycles. The quantitative estimate of drug-likeness (QED) is 0.533. The molecule has 0 rings (SSSR count). The Labute approximate surface area is 125 Å². The summed E-state index contributed by atoms with van der Waals surface area (Å²) in [6.45, 7) is 21.0. The lowest BCUT2D eigenvalue weighted by atomic mass is 9.94. The van der Waals surface area contributed by atoms with Crippen molar-refractivity contribution in [3.63, 3.8) is 0 Å². The third kappa shape index (κ3) is 5.92. The number of allylic oxidation sites excluding steroid dienone is 7. The first-order valence-electron chi connectivity index (χ1n) is 7.07. The predicted octanol–water partition coefficient (Wildman–Crippen LogP) is 5.42. The van der Waals surface area contributed by atoms with Gasteiger partial charge in [-0.05, 0) is 55.7 Å². The summed E-state index contributed by atoms with van der Waals surface area (Å²) in [5, 5.41) is 0. The smallest absolute Gasteiger partial charge is 0.0356 e. The fraction of sp³-hybridized carbons (Fsp3) is 0.368. The molecule has 20 heavy (non-hydrogen) atoms.